The van der Waals surface area contributed by atoms with E-state index >= 15 is 0 Å². The Labute approximate surface area is 312 Å². The highest BCUT2D eigenvalue weighted by Gasteiger charge is 2.23. The summed E-state index contributed by atoms with van der Waals surface area (Å²) in [6.45, 7) is 0. The third kappa shape index (κ3) is 5.13. The molecule has 0 aliphatic carbocycles. The highest BCUT2D eigenvalue weighted by Crippen LogP contribution is 2.40. The first kappa shape index (κ1) is 31.0. The molecule has 0 bridgehead atoms. The standard InChI is InChI=1S/C45H31N5.HI/c1-3-15-30(16-4-1)43-46-44(31-17-5-2-6-18-31)48-45(47-43)32-19-13-20-33(29-32)49-39-26-12-9-23-36(39)42-40(49)27-14-28-41(42)50-37-24-10-7-21-34(37)35-22-8-11-25-38(35)50;/h1-29,43H,(H,46,47,48);1H. The lowest BCUT2D eigenvalue weighted by atomic mass is 10.1. The van der Waals surface area contributed by atoms with Crippen molar-refractivity contribution in [1.29, 1.82) is 0 Å². The van der Waals surface area contributed by atoms with Gasteiger partial charge in [-0.3, -0.25) is 0 Å². The number of amidine groups is 2. The van der Waals surface area contributed by atoms with Gasteiger partial charge < -0.3 is 14.5 Å². The van der Waals surface area contributed by atoms with Gasteiger partial charge in [-0.05, 0) is 48.0 Å². The highest BCUT2D eigenvalue weighted by molar-refractivity contribution is 14.0. The third-order valence-corrected chi connectivity index (χ3v) is 9.76. The molecule has 0 spiro atoms. The second-order valence-electron chi connectivity index (χ2n) is 12.7. The molecule has 7 aromatic carbocycles. The van der Waals surface area contributed by atoms with Gasteiger partial charge in [0.1, 0.15) is 12.0 Å². The van der Waals surface area contributed by atoms with Gasteiger partial charge in [0, 0.05) is 38.4 Å². The normalized spacial score (nSPS) is 14.3. The van der Waals surface area contributed by atoms with E-state index in [0.717, 1.165) is 44.9 Å². The zero-order valence-corrected chi connectivity index (χ0v) is 29.8. The molecule has 2 aromatic heterocycles. The molecule has 1 unspecified atom stereocenters. The van der Waals surface area contributed by atoms with Crippen LogP contribution in [0.4, 0.5) is 0 Å². The fraction of sp³-hybridized carbons (Fsp3) is 0.0222. The zero-order valence-electron chi connectivity index (χ0n) is 27.5. The predicted octanol–water partition coefficient (Wildman–Crippen LogP) is 11.0. The lowest BCUT2D eigenvalue weighted by Gasteiger charge is -2.23. The molecule has 1 aliphatic heterocycles. The Balaban J connectivity index is 0.00000348. The Morgan fingerprint density at radius 1 is 0.471 bits per heavy atom. The number of fused-ring (bicyclic) bond motifs is 6. The van der Waals surface area contributed by atoms with Gasteiger partial charge in [-0.1, -0.05) is 133 Å². The van der Waals surface area contributed by atoms with Gasteiger partial charge in [-0.15, -0.1) is 24.0 Å². The van der Waals surface area contributed by atoms with Gasteiger partial charge in [0.15, 0.2) is 5.84 Å². The Morgan fingerprint density at radius 3 is 1.73 bits per heavy atom. The maximum Gasteiger partial charge on any atom is 0.159 e. The topological polar surface area (TPSA) is 46.6 Å². The van der Waals surface area contributed by atoms with Crippen molar-refractivity contribution >= 4 is 79.3 Å². The summed E-state index contributed by atoms with van der Waals surface area (Å²) in [7, 11) is 0. The summed E-state index contributed by atoms with van der Waals surface area (Å²) in [5, 5.41) is 8.50. The van der Waals surface area contributed by atoms with Gasteiger partial charge in [0.25, 0.3) is 0 Å². The van der Waals surface area contributed by atoms with Crippen LogP contribution in [-0.4, -0.2) is 20.8 Å². The number of aromatic nitrogens is 2. The maximum atomic E-state index is 5.16. The number of para-hydroxylation sites is 3. The summed E-state index contributed by atoms with van der Waals surface area (Å²) in [5.74, 6) is 1.51. The van der Waals surface area contributed by atoms with Crippen LogP contribution in [0.5, 0.6) is 0 Å². The molecule has 0 radical (unpaired) electrons. The molecule has 6 heteroatoms. The molecular formula is C45H32IN5. The minimum Gasteiger partial charge on any atom is -0.344 e. The van der Waals surface area contributed by atoms with Crippen LogP contribution in [0.1, 0.15) is 22.9 Å². The summed E-state index contributed by atoms with van der Waals surface area (Å²) in [5.41, 5.74) is 9.98. The van der Waals surface area contributed by atoms with Crippen molar-refractivity contribution in [2.45, 2.75) is 6.17 Å². The second-order valence-corrected chi connectivity index (χ2v) is 12.7. The fourth-order valence-corrected chi connectivity index (χ4v) is 7.56. The quantitative estimate of drug-likeness (QED) is 0.174. The molecule has 9 aromatic rings. The summed E-state index contributed by atoms with van der Waals surface area (Å²) in [6.07, 6.45) is -0.260. The average Bonchev–Trinajstić information content (AvgIpc) is 3.72. The van der Waals surface area contributed by atoms with Crippen LogP contribution in [0.25, 0.3) is 55.0 Å². The summed E-state index contributed by atoms with van der Waals surface area (Å²) in [4.78, 5) is 10.3. The predicted molar refractivity (Wildman–Crippen MR) is 222 cm³/mol. The molecule has 1 N–H and O–H groups in total. The first-order valence-electron chi connectivity index (χ1n) is 17.0. The third-order valence-electron chi connectivity index (χ3n) is 9.76. The van der Waals surface area contributed by atoms with E-state index in [2.05, 4.69) is 166 Å². The number of nitrogens with one attached hydrogen (secondary N) is 1. The van der Waals surface area contributed by atoms with Gasteiger partial charge in [-0.2, -0.15) is 0 Å². The van der Waals surface area contributed by atoms with E-state index in [9.17, 15) is 0 Å². The first-order chi connectivity index (χ1) is 24.8. The van der Waals surface area contributed by atoms with Crippen LogP contribution in [0.3, 0.4) is 0 Å². The number of hydrogen-bond acceptors (Lipinski definition) is 3. The second kappa shape index (κ2) is 12.7. The van der Waals surface area contributed by atoms with Gasteiger partial charge in [0.2, 0.25) is 0 Å². The molecular weight excluding hydrogens is 737 g/mol. The first-order valence-corrected chi connectivity index (χ1v) is 17.0. The SMILES string of the molecule is I.c1ccc(C2=NC(c3cccc(-n4c5ccccc5c5c(-n6c7ccccc7c7ccccc76)cccc54)c3)=NC(c3ccccc3)N2)cc1. The van der Waals surface area contributed by atoms with E-state index in [1.165, 1.54) is 32.6 Å². The van der Waals surface area contributed by atoms with Crippen LogP contribution >= 0.6 is 24.0 Å². The Kier molecular flexibility index (Phi) is 7.74. The van der Waals surface area contributed by atoms with Crippen LogP contribution < -0.4 is 5.32 Å². The number of aliphatic imine (C=N–C) groups is 2. The molecule has 3 heterocycles. The van der Waals surface area contributed by atoms with E-state index in [0.29, 0.717) is 5.84 Å². The minimum atomic E-state index is -0.260. The van der Waals surface area contributed by atoms with E-state index in [1.807, 2.05) is 24.3 Å². The smallest absolute Gasteiger partial charge is 0.159 e. The van der Waals surface area contributed by atoms with E-state index in [1.54, 1.807) is 0 Å². The molecule has 10 rings (SSSR count). The summed E-state index contributed by atoms with van der Waals surface area (Å²) in [6, 6.07) is 62.0. The van der Waals surface area contributed by atoms with Gasteiger partial charge in [0.05, 0.1) is 27.8 Å². The van der Waals surface area contributed by atoms with Crippen LogP contribution in [0.15, 0.2) is 186 Å². The van der Waals surface area contributed by atoms with Gasteiger partial charge >= 0.3 is 0 Å². The van der Waals surface area contributed by atoms with E-state index in [4.69, 9.17) is 9.98 Å². The maximum absolute atomic E-state index is 5.16. The van der Waals surface area contributed by atoms with Crippen molar-refractivity contribution in [2.24, 2.45) is 9.98 Å². The van der Waals surface area contributed by atoms with E-state index < -0.39 is 0 Å². The average molecular weight is 770 g/mol. The highest BCUT2D eigenvalue weighted by atomic mass is 127. The molecule has 1 aliphatic rings. The molecule has 5 nitrogen and oxygen atoms in total. The number of nitrogens with zero attached hydrogens (tertiary/aromatic N) is 4. The zero-order chi connectivity index (χ0) is 33.0. The summed E-state index contributed by atoms with van der Waals surface area (Å²) >= 11 is 0. The van der Waals surface area contributed by atoms with Crippen molar-refractivity contribution in [3.05, 3.63) is 193 Å². The largest absolute Gasteiger partial charge is 0.344 e. The monoisotopic (exact) mass is 769 g/mol. The van der Waals surface area contributed by atoms with Crippen LogP contribution in [0.2, 0.25) is 0 Å². The molecule has 244 valence electrons. The van der Waals surface area contributed by atoms with Crippen molar-refractivity contribution in [1.82, 2.24) is 14.5 Å². The van der Waals surface area contributed by atoms with Crippen molar-refractivity contribution in [2.75, 3.05) is 0 Å². The number of halogens is 1. The molecule has 0 amide bonds. The molecule has 51 heavy (non-hydrogen) atoms. The molecule has 0 fully saturated rings. The minimum absolute atomic E-state index is 0. The number of hydrogen-bond donors (Lipinski definition) is 1. The Morgan fingerprint density at radius 2 is 1.02 bits per heavy atom. The van der Waals surface area contributed by atoms with Crippen molar-refractivity contribution in [3.8, 4) is 11.4 Å². The molecule has 1 atom stereocenters. The Bertz CT molecular complexity index is 2740. The lowest BCUT2D eigenvalue weighted by Crippen LogP contribution is -2.33. The van der Waals surface area contributed by atoms with Crippen molar-refractivity contribution < 1.29 is 0 Å². The van der Waals surface area contributed by atoms with Crippen molar-refractivity contribution in [3.63, 3.8) is 0 Å². The lowest BCUT2D eigenvalue weighted by molar-refractivity contribution is 0.674. The Hall–Kier alpha value is -5.99. The van der Waals surface area contributed by atoms with Crippen LogP contribution in [-0.2, 0) is 0 Å². The summed E-state index contributed by atoms with van der Waals surface area (Å²) < 4.78 is 4.80. The number of benzene rings is 7. The molecule has 0 saturated carbocycles. The van der Waals surface area contributed by atoms with E-state index in [-0.39, 0.29) is 30.1 Å². The fourth-order valence-electron chi connectivity index (χ4n) is 7.56. The van der Waals surface area contributed by atoms with Crippen LogP contribution in [0, 0.1) is 0 Å². The molecule has 0 saturated heterocycles. The van der Waals surface area contributed by atoms with Gasteiger partial charge in [-0.25, -0.2) is 9.98 Å². The number of rotatable bonds is 5.